The minimum atomic E-state index is -1.22. The van der Waals surface area contributed by atoms with E-state index >= 15 is 0 Å². The number of fused-ring (bicyclic) bond motifs is 2. The van der Waals surface area contributed by atoms with Gasteiger partial charge in [0.25, 0.3) is 0 Å². The quantitative estimate of drug-likeness (QED) is 0.375. The van der Waals surface area contributed by atoms with Gasteiger partial charge in [-0.05, 0) is 30.0 Å². The molecule has 0 radical (unpaired) electrons. The number of carbonyl (C=O) groups excluding carboxylic acids is 3. The fourth-order valence-electron chi connectivity index (χ4n) is 5.67. The van der Waals surface area contributed by atoms with E-state index in [0.29, 0.717) is 12.1 Å². The number of hydrogen-bond acceptors (Lipinski definition) is 4. The van der Waals surface area contributed by atoms with E-state index in [-0.39, 0.29) is 29.8 Å². The molecule has 1 heterocycles. The van der Waals surface area contributed by atoms with Gasteiger partial charge in [-0.25, -0.2) is 4.79 Å². The molecule has 2 aliphatic rings. The monoisotopic (exact) mass is 465 g/mol. The Morgan fingerprint density at radius 2 is 1.54 bits per heavy atom. The molecule has 0 aromatic heterocycles. The summed E-state index contributed by atoms with van der Waals surface area (Å²) in [4.78, 5) is 43.4. The molecule has 0 bridgehead atoms. The predicted octanol–water partition coefficient (Wildman–Crippen LogP) is 5.11. The van der Waals surface area contributed by atoms with Gasteiger partial charge in [0.1, 0.15) is 0 Å². The van der Waals surface area contributed by atoms with E-state index in [0.717, 1.165) is 16.8 Å². The summed E-state index contributed by atoms with van der Waals surface area (Å²) < 4.78 is 5.35. The van der Waals surface area contributed by atoms with Crippen molar-refractivity contribution in [2.24, 2.45) is 11.8 Å². The van der Waals surface area contributed by atoms with Crippen LogP contribution in [0.15, 0.2) is 96.6 Å². The van der Waals surface area contributed by atoms with Crippen molar-refractivity contribution >= 4 is 23.3 Å². The third-order valence-electron chi connectivity index (χ3n) is 7.17. The van der Waals surface area contributed by atoms with Crippen LogP contribution in [0.25, 0.3) is 0 Å². The normalized spacial score (nSPS) is 22.7. The van der Waals surface area contributed by atoms with Crippen LogP contribution in [-0.4, -0.2) is 24.3 Å². The van der Waals surface area contributed by atoms with E-state index < -0.39 is 17.3 Å². The van der Waals surface area contributed by atoms with Crippen LogP contribution in [0.2, 0.25) is 0 Å². The average molecular weight is 466 g/mol. The van der Waals surface area contributed by atoms with Crippen molar-refractivity contribution < 1.29 is 19.1 Å². The average Bonchev–Trinajstić information content (AvgIpc) is 3.33. The van der Waals surface area contributed by atoms with Crippen molar-refractivity contribution in [1.82, 2.24) is 0 Å². The Balaban J connectivity index is 1.69. The second-order valence-corrected chi connectivity index (χ2v) is 9.06. The van der Waals surface area contributed by atoms with Gasteiger partial charge in [-0.15, -0.1) is 0 Å². The number of esters is 1. The molecule has 5 nitrogen and oxygen atoms in total. The summed E-state index contributed by atoms with van der Waals surface area (Å²) in [6.45, 7) is 4.22. The van der Waals surface area contributed by atoms with Crippen molar-refractivity contribution in [3.8, 4) is 0 Å². The fraction of sp³-hybridized carbons (Fsp3) is 0.233. The molecule has 35 heavy (non-hydrogen) atoms. The zero-order chi connectivity index (χ0) is 24.6. The first-order valence-corrected chi connectivity index (χ1v) is 11.9. The number of Topliss-reactive ketones (excluding diaryl/α,β-unsaturated/α-hetero) is 1. The van der Waals surface area contributed by atoms with Gasteiger partial charge in [0.2, 0.25) is 5.91 Å². The number of rotatable bonds is 6. The Kier molecular flexibility index (Phi) is 5.85. The summed E-state index contributed by atoms with van der Waals surface area (Å²) in [6, 6.07) is 26.3. The summed E-state index contributed by atoms with van der Waals surface area (Å²) in [6.07, 6.45) is 1.77. The lowest BCUT2D eigenvalue weighted by Crippen LogP contribution is -2.50. The maximum atomic E-state index is 14.5. The molecular formula is C30H27NO4. The maximum absolute atomic E-state index is 14.5. The number of allylic oxidation sites excluding steroid dienone is 1. The molecule has 176 valence electrons. The van der Waals surface area contributed by atoms with Crippen molar-refractivity contribution in [1.29, 1.82) is 0 Å². The topological polar surface area (TPSA) is 63.7 Å². The van der Waals surface area contributed by atoms with Crippen molar-refractivity contribution in [3.63, 3.8) is 0 Å². The summed E-state index contributed by atoms with van der Waals surface area (Å²) in [5.74, 6) is -2.32. The first-order chi connectivity index (χ1) is 17.0. The van der Waals surface area contributed by atoms with E-state index in [9.17, 15) is 14.4 Å². The van der Waals surface area contributed by atoms with Gasteiger partial charge in [-0.3, -0.25) is 9.59 Å². The summed E-state index contributed by atoms with van der Waals surface area (Å²) in [7, 11) is 0. The smallest absolute Gasteiger partial charge is 0.334 e. The summed E-state index contributed by atoms with van der Waals surface area (Å²) in [5, 5.41) is 0. The lowest BCUT2D eigenvalue weighted by atomic mass is 9.64. The van der Waals surface area contributed by atoms with Crippen LogP contribution >= 0.6 is 0 Å². The molecule has 1 aliphatic carbocycles. The van der Waals surface area contributed by atoms with E-state index in [1.165, 1.54) is 0 Å². The molecule has 1 amide bonds. The number of ketones is 1. The van der Waals surface area contributed by atoms with Gasteiger partial charge >= 0.3 is 5.97 Å². The zero-order valence-corrected chi connectivity index (χ0v) is 19.8. The summed E-state index contributed by atoms with van der Waals surface area (Å²) >= 11 is 0. The first kappa shape index (κ1) is 22.8. The highest BCUT2D eigenvalue weighted by molar-refractivity contribution is 6.17. The molecule has 3 aromatic rings. The Morgan fingerprint density at radius 1 is 0.914 bits per heavy atom. The molecule has 0 saturated carbocycles. The van der Waals surface area contributed by atoms with Crippen LogP contribution in [0.5, 0.6) is 0 Å². The number of nitrogens with zero attached hydrogens (tertiary/aromatic N) is 1. The van der Waals surface area contributed by atoms with Gasteiger partial charge in [-0.1, -0.05) is 91.9 Å². The number of carbonyl (C=O) groups is 3. The maximum Gasteiger partial charge on any atom is 0.334 e. The second-order valence-electron chi connectivity index (χ2n) is 9.06. The van der Waals surface area contributed by atoms with Crippen LogP contribution < -0.4 is 4.90 Å². The van der Waals surface area contributed by atoms with E-state index in [2.05, 4.69) is 0 Å². The SMILES string of the molecule is CCOC(=O)C1=C[C@@H](C)[C@]2(C(=O)N(Cc3ccccc3)c3ccccc32)[C@H]1C(=O)c1ccccc1. The highest BCUT2D eigenvalue weighted by atomic mass is 16.5. The molecule has 3 atom stereocenters. The number of amides is 1. The Labute approximate surface area is 205 Å². The molecule has 5 heteroatoms. The number of benzene rings is 3. The second kappa shape index (κ2) is 8.99. The highest BCUT2D eigenvalue weighted by Gasteiger charge is 2.64. The van der Waals surface area contributed by atoms with Crippen LogP contribution in [-0.2, 0) is 26.3 Å². The number of para-hydroxylation sites is 1. The van der Waals surface area contributed by atoms with E-state index in [4.69, 9.17) is 4.74 Å². The predicted molar refractivity (Wildman–Crippen MR) is 134 cm³/mol. The third-order valence-corrected chi connectivity index (χ3v) is 7.17. The van der Waals surface area contributed by atoms with E-state index in [1.807, 2.05) is 67.6 Å². The Hall–Kier alpha value is -3.99. The van der Waals surface area contributed by atoms with Crippen molar-refractivity contribution in [3.05, 3.63) is 113 Å². The standard InChI is InChI=1S/C30H27NO4/c1-3-35-28(33)23-18-20(2)30(26(23)27(32)22-14-8-5-9-15-22)24-16-10-11-17-25(24)31(29(30)34)19-21-12-6-4-7-13-21/h4-18,20,26H,3,19H2,1-2H3/t20-,26-,30-/m1/s1. The van der Waals surface area contributed by atoms with Gasteiger partial charge in [0.15, 0.2) is 5.78 Å². The molecule has 0 saturated heterocycles. The first-order valence-electron chi connectivity index (χ1n) is 11.9. The van der Waals surface area contributed by atoms with Crippen LogP contribution in [0.4, 0.5) is 5.69 Å². The Morgan fingerprint density at radius 3 is 2.23 bits per heavy atom. The number of anilines is 1. The molecule has 0 unspecified atom stereocenters. The van der Waals surface area contributed by atoms with Crippen molar-refractivity contribution in [2.45, 2.75) is 25.8 Å². The van der Waals surface area contributed by atoms with E-state index in [1.54, 1.807) is 42.2 Å². The molecule has 0 N–H and O–H groups in total. The third kappa shape index (κ3) is 3.50. The lowest BCUT2D eigenvalue weighted by molar-refractivity contribution is -0.139. The van der Waals surface area contributed by atoms with Crippen LogP contribution in [0.3, 0.4) is 0 Å². The lowest BCUT2D eigenvalue weighted by Gasteiger charge is -2.35. The highest BCUT2D eigenvalue weighted by Crippen LogP contribution is 2.58. The molecule has 3 aromatic carbocycles. The van der Waals surface area contributed by atoms with Crippen molar-refractivity contribution in [2.75, 3.05) is 11.5 Å². The zero-order valence-electron chi connectivity index (χ0n) is 19.8. The molecule has 1 spiro atoms. The molecular weight excluding hydrogens is 438 g/mol. The minimum absolute atomic E-state index is 0.167. The molecule has 0 fully saturated rings. The number of hydrogen-bond donors (Lipinski definition) is 0. The summed E-state index contributed by atoms with van der Waals surface area (Å²) in [5.41, 5.74) is 2.05. The fourth-order valence-corrected chi connectivity index (χ4v) is 5.67. The van der Waals surface area contributed by atoms with Gasteiger partial charge < -0.3 is 9.64 Å². The largest absolute Gasteiger partial charge is 0.463 e. The van der Waals surface area contributed by atoms with Crippen LogP contribution in [0, 0.1) is 11.8 Å². The van der Waals surface area contributed by atoms with Gasteiger partial charge in [0, 0.05) is 16.8 Å². The molecule has 5 rings (SSSR count). The Bertz CT molecular complexity index is 1310. The van der Waals surface area contributed by atoms with Gasteiger partial charge in [-0.2, -0.15) is 0 Å². The number of ether oxygens (including phenoxy) is 1. The van der Waals surface area contributed by atoms with Gasteiger partial charge in [0.05, 0.1) is 24.5 Å². The van der Waals surface area contributed by atoms with Crippen LogP contribution in [0.1, 0.15) is 35.3 Å². The minimum Gasteiger partial charge on any atom is -0.463 e. The molecule has 1 aliphatic heterocycles.